The Hall–Kier alpha value is -1.75. The molecule has 2 aromatic carbocycles. The Morgan fingerprint density at radius 2 is 2.00 bits per heavy atom. The van der Waals surface area contributed by atoms with Gasteiger partial charge in [-0.1, -0.05) is 35.3 Å². The van der Waals surface area contributed by atoms with Crippen molar-refractivity contribution in [3.8, 4) is 5.75 Å². The van der Waals surface area contributed by atoms with Crippen molar-refractivity contribution in [2.75, 3.05) is 25.5 Å². The summed E-state index contributed by atoms with van der Waals surface area (Å²) in [6.45, 7) is 1.22. The molecule has 0 bridgehead atoms. The fourth-order valence-corrected chi connectivity index (χ4v) is 3.52. The van der Waals surface area contributed by atoms with Gasteiger partial charge in [0.2, 0.25) is 5.91 Å². The number of hydrogen-bond donors (Lipinski definition) is 1. The zero-order valence-electron chi connectivity index (χ0n) is 14.0. The summed E-state index contributed by atoms with van der Waals surface area (Å²) in [5.74, 6) is 0.742. The van der Waals surface area contributed by atoms with Crippen molar-refractivity contribution < 1.29 is 9.53 Å². The van der Waals surface area contributed by atoms with Gasteiger partial charge < -0.3 is 10.1 Å². The van der Waals surface area contributed by atoms with Gasteiger partial charge in [0, 0.05) is 11.1 Å². The number of benzene rings is 2. The largest absolute Gasteiger partial charge is 0.497 e. The van der Waals surface area contributed by atoms with E-state index in [2.05, 4.69) is 22.3 Å². The second-order valence-corrected chi connectivity index (χ2v) is 6.92. The van der Waals surface area contributed by atoms with Gasteiger partial charge in [-0.3, -0.25) is 9.69 Å². The van der Waals surface area contributed by atoms with Crippen LogP contribution in [0.3, 0.4) is 0 Å². The maximum atomic E-state index is 12.4. The molecule has 1 fully saturated rings. The molecule has 3 rings (SSSR count). The van der Waals surface area contributed by atoms with Crippen molar-refractivity contribution in [1.29, 1.82) is 0 Å². The van der Waals surface area contributed by atoms with E-state index in [1.54, 1.807) is 25.3 Å². The van der Waals surface area contributed by atoms with Gasteiger partial charge in [0.15, 0.2) is 0 Å². The van der Waals surface area contributed by atoms with E-state index >= 15 is 0 Å². The second kappa shape index (κ2) is 8.09. The molecule has 0 radical (unpaired) electrons. The molecule has 0 aliphatic carbocycles. The number of hydrogen-bond acceptors (Lipinski definition) is 3. The van der Waals surface area contributed by atoms with Crippen LogP contribution in [0.5, 0.6) is 5.75 Å². The van der Waals surface area contributed by atoms with Crippen molar-refractivity contribution in [1.82, 2.24) is 4.90 Å². The highest BCUT2D eigenvalue weighted by molar-refractivity contribution is 6.35. The van der Waals surface area contributed by atoms with E-state index in [-0.39, 0.29) is 11.9 Å². The quantitative estimate of drug-likeness (QED) is 0.813. The minimum Gasteiger partial charge on any atom is -0.497 e. The SMILES string of the molecule is COc1ccc(C2CCCN2CC(=O)Nc2cc(Cl)ccc2Cl)cc1. The molecule has 1 N–H and O–H groups in total. The van der Waals surface area contributed by atoms with Crippen molar-refractivity contribution in [3.05, 3.63) is 58.1 Å². The van der Waals surface area contributed by atoms with Gasteiger partial charge in [0.1, 0.15) is 5.75 Å². The molecule has 6 heteroatoms. The lowest BCUT2D eigenvalue weighted by atomic mass is 10.0. The van der Waals surface area contributed by atoms with Crippen LogP contribution in [-0.2, 0) is 4.79 Å². The molecule has 1 saturated heterocycles. The molecule has 1 atom stereocenters. The Bertz CT molecular complexity index is 750. The molecule has 0 spiro atoms. The Morgan fingerprint density at radius 1 is 1.24 bits per heavy atom. The molecule has 1 amide bonds. The van der Waals surface area contributed by atoms with Crippen LogP contribution in [0.2, 0.25) is 10.0 Å². The van der Waals surface area contributed by atoms with E-state index in [1.165, 1.54) is 5.56 Å². The molecule has 132 valence electrons. The Morgan fingerprint density at radius 3 is 2.72 bits per heavy atom. The number of amides is 1. The normalized spacial score (nSPS) is 17.5. The van der Waals surface area contributed by atoms with E-state index in [0.29, 0.717) is 22.3 Å². The molecule has 0 saturated carbocycles. The lowest BCUT2D eigenvalue weighted by Crippen LogP contribution is -2.33. The topological polar surface area (TPSA) is 41.6 Å². The van der Waals surface area contributed by atoms with Crippen molar-refractivity contribution >= 4 is 34.8 Å². The number of nitrogens with one attached hydrogen (secondary N) is 1. The summed E-state index contributed by atoms with van der Waals surface area (Å²) >= 11 is 12.1. The lowest BCUT2D eigenvalue weighted by Gasteiger charge is -2.24. The predicted molar refractivity (Wildman–Crippen MR) is 102 cm³/mol. The van der Waals surface area contributed by atoms with E-state index in [4.69, 9.17) is 27.9 Å². The zero-order chi connectivity index (χ0) is 17.8. The van der Waals surface area contributed by atoms with Crippen molar-refractivity contribution in [2.24, 2.45) is 0 Å². The maximum absolute atomic E-state index is 12.4. The predicted octanol–water partition coefficient (Wildman–Crippen LogP) is 4.78. The third-order valence-electron chi connectivity index (χ3n) is 4.41. The number of halogens is 2. The second-order valence-electron chi connectivity index (χ2n) is 6.07. The number of nitrogens with zero attached hydrogens (tertiary/aromatic N) is 1. The molecule has 0 aromatic heterocycles. The van der Waals surface area contributed by atoms with Crippen LogP contribution < -0.4 is 10.1 Å². The highest BCUT2D eigenvalue weighted by Gasteiger charge is 2.27. The molecule has 1 aliphatic heterocycles. The summed E-state index contributed by atoms with van der Waals surface area (Å²) in [7, 11) is 1.65. The number of rotatable bonds is 5. The Labute approximate surface area is 157 Å². The molecule has 25 heavy (non-hydrogen) atoms. The van der Waals surface area contributed by atoms with Crippen LogP contribution in [0, 0.1) is 0 Å². The fraction of sp³-hybridized carbons (Fsp3) is 0.316. The van der Waals surface area contributed by atoms with Crippen LogP contribution in [0.15, 0.2) is 42.5 Å². The summed E-state index contributed by atoms with van der Waals surface area (Å²) in [6, 6.07) is 13.3. The molecule has 2 aromatic rings. The average Bonchev–Trinajstić information content (AvgIpc) is 3.06. The molecular formula is C19H20Cl2N2O2. The first-order valence-electron chi connectivity index (χ1n) is 8.19. The molecule has 1 heterocycles. The van der Waals surface area contributed by atoms with Gasteiger partial charge in [-0.15, -0.1) is 0 Å². The molecule has 1 aliphatic rings. The molecule has 1 unspecified atom stereocenters. The third kappa shape index (κ3) is 4.46. The minimum atomic E-state index is -0.0930. The van der Waals surface area contributed by atoms with E-state index < -0.39 is 0 Å². The van der Waals surface area contributed by atoms with Gasteiger partial charge >= 0.3 is 0 Å². The summed E-state index contributed by atoms with van der Waals surface area (Å²) in [4.78, 5) is 14.6. The first kappa shape index (κ1) is 18.1. The van der Waals surface area contributed by atoms with Gasteiger partial charge in [0.05, 0.1) is 24.4 Å². The van der Waals surface area contributed by atoms with E-state index in [9.17, 15) is 4.79 Å². The number of ether oxygens (including phenoxy) is 1. The number of likely N-dealkylation sites (tertiary alicyclic amines) is 1. The highest BCUT2D eigenvalue weighted by atomic mass is 35.5. The summed E-state index contributed by atoms with van der Waals surface area (Å²) < 4.78 is 5.21. The minimum absolute atomic E-state index is 0.0930. The first-order valence-corrected chi connectivity index (χ1v) is 8.95. The first-order chi connectivity index (χ1) is 12.1. The lowest BCUT2D eigenvalue weighted by molar-refractivity contribution is -0.117. The Kier molecular flexibility index (Phi) is 5.84. The average molecular weight is 379 g/mol. The Balaban J connectivity index is 1.66. The van der Waals surface area contributed by atoms with Crippen LogP contribution in [0.25, 0.3) is 0 Å². The standard InChI is InChI=1S/C19H20Cl2N2O2/c1-25-15-7-4-13(5-8-15)18-3-2-10-23(18)12-19(24)22-17-11-14(20)6-9-16(17)21/h4-9,11,18H,2-3,10,12H2,1H3,(H,22,24). The summed E-state index contributed by atoms with van der Waals surface area (Å²) in [6.07, 6.45) is 2.11. The maximum Gasteiger partial charge on any atom is 0.238 e. The van der Waals surface area contributed by atoms with Crippen molar-refractivity contribution in [2.45, 2.75) is 18.9 Å². The van der Waals surface area contributed by atoms with Crippen molar-refractivity contribution in [3.63, 3.8) is 0 Å². The fourth-order valence-electron chi connectivity index (χ4n) is 3.19. The van der Waals surface area contributed by atoms with Gasteiger partial charge in [0.25, 0.3) is 0 Å². The van der Waals surface area contributed by atoms with Crippen LogP contribution in [0.1, 0.15) is 24.4 Å². The number of carbonyl (C=O) groups excluding carboxylic acids is 1. The summed E-state index contributed by atoms with van der Waals surface area (Å²) in [5, 5.41) is 3.87. The smallest absolute Gasteiger partial charge is 0.238 e. The number of carbonyl (C=O) groups is 1. The van der Waals surface area contributed by atoms with E-state index in [0.717, 1.165) is 25.1 Å². The summed E-state index contributed by atoms with van der Waals surface area (Å²) in [5.41, 5.74) is 1.74. The zero-order valence-corrected chi connectivity index (χ0v) is 15.5. The van der Waals surface area contributed by atoms with Gasteiger partial charge in [-0.2, -0.15) is 0 Å². The monoisotopic (exact) mass is 378 g/mol. The van der Waals surface area contributed by atoms with Crippen LogP contribution >= 0.6 is 23.2 Å². The van der Waals surface area contributed by atoms with Crippen LogP contribution in [-0.4, -0.2) is 31.0 Å². The highest BCUT2D eigenvalue weighted by Crippen LogP contribution is 2.32. The molecular weight excluding hydrogens is 359 g/mol. The third-order valence-corrected chi connectivity index (χ3v) is 4.98. The van der Waals surface area contributed by atoms with Crippen LogP contribution in [0.4, 0.5) is 5.69 Å². The van der Waals surface area contributed by atoms with Gasteiger partial charge in [-0.05, 0) is 55.3 Å². The van der Waals surface area contributed by atoms with Gasteiger partial charge in [-0.25, -0.2) is 0 Å². The molecule has 4 nitrogen and oxygen atoms in total. The number of methoxy groups -OCH3 is 1. The number of anilines is 1. The van der Waals surface area contributed by atoms with E-state index in [1.807, 2.05) is 12.1 Å².